The summed E-state index contributed by atoms with van der Waals surface area (Å²) < 4.78 is 49.6. The van der Waals surface area contributed by atoms with Gasteiger partial charge in [-0.1, -0.05) is 18.2 Å². The number of halogens is 3. The minimum atomic E-state index is -4.40. The molecule has 1 aromatic carbocycles. The molecule has 3 rings (SSSR count). The number of hydrogen-bond acceptors (Lipinski definition) is 4. The summed E-state index contributed by atoms with van der Waals surface area (Å²) in [6.45, 7) is 1.20. The van der Waals surface area contributed by atoms with E-state index in [2.05, 4.69) is 0 Å². The second kappa shape index (κ2) is 7.53. The van der Waals surface area contributed by atoms with Gasteiger partial charge in [0.05, 0.1) is 5.57 Å². The van der Waals surface area contributed by atoms with E-state index >= 15 is 0 Å². The molecule has 2 aromatic rings. The number of esters is 1. The zero-order valence-corrected chi connectivity index (χ0v) is 15.3. The van der Waals surface area contributed by atoms with Crippen LogP contribution in [0.5, 0.6) is 5.75 Å². The topological polar surface area (TPSA) is 57.5 Å². The molecule has 0 saturated carbocycles. The van der Waals surface area contributed by atoms with Gasteiger partial charge in [0.1, 0.15) is 18.9 Å². The lowest BCUT2D eigenvalue weighted by Crippen LogP contribution is -2.21. The van der Waals surface area contributed by atoms with Gasteiger partial charge in [-0.15, -0.1) is 0 Å². The zero-order chi connectivity index (χ0) is 20.5. The SMILES string of the molecule is Cc1cc(C(=O)COC(=O)C2=Cc3ccccc3OC2)c(C)n1CC(F)(F)F. The van der Waals surface area contributed by atoms with Crippen LogP contribution in [0.3, 0.4) is 0 Å². The molecule has 0 N–H and O–H groups in total. The van der Waals surface area contributed by atoms with Crippen molar-refractivity contribution in [1.29, 1.82) is 0 Å². The van der Waals surface area contributed by atoms with Gasteiger partial charge in [0.15, 0.2) is 6.61 Å². The van der Waals surface area contributed by atoms with Gasteiger partial charge >= 0.3 is 12.1 Å². The standard InChI is InChI=1S/C20H18F3NO4/c1-12-7-16(13(2)24(12)11-20(21,22)23)17(25)10-28-19(26)15-8-14-5-3-4-6-18(14)27-9-15/h3-8H,9-11H2,1-2H3. The van der Waals surface area contributed by atoms with E-state index in [1.54, 1.807) is 24.3 Å². The number of hydrogen-bond donors (Lipinski definition) is 0. The number of carbonyl (C=O) groups excluding carboxylic acids is 2. The summed E-state index contributed by atoms with van der Waals surface area (Å²) in [5, 5.41) is 0. The second-order valence-electron chi connectivity index (χ2n) is 6.48. The quantitative estimate of drug-likeness (QED) is 0.572. The molecule has 1 aliphatic heterocycles. The Morgan fingerprint density at radius 1 is 1.21 bits per heavy atom. The Balaban J connectivity index is 1.67. The predicted molar refractivity (Wildman–Crippen MR) is 95.2 cm³/mol. The van der Waals surface area contributed by atoms with Crippen molar-refractivity contribution in [3.05, 3.63) is 58.4 Å². The normalized spacial score (nSPS) is 13.4. The number of aryl methyl sites for hydroxylation is 1. The van der Waals surface area contributed by atoms with E-state index in [-0.39, 0.29) is 23.4 Å². The molecule has 5 nitrogen and oxygen atoms in total. The van der Waals surface area contributed by atoms with Crippen LogP contribution in [0.2, 0.25) is 0 Å². The highest BCUT2D eigenvalue weighted by atomic mass is 19.4. The maximum Gasteiger partial charge on any atom is 0.406 e. The fourth-order valence-corrected chi connectivity index (χ4v) is 3.04. The van der Waals surface area contributed by atoms with E-state index in [4.69, 9.17) is 9.47 Å². The van der Waals surface area contributed by atoms with E-state index in [0.29, 0.717) is 11.4 Å². The number of para-hydroxylation sites is 1. The minimum absolute atomic E-state index is 0.0180. The van der Waals surface area contributed by atoms with Crippen LogP contribution in [0.4, 0.5) is 13.2 Å². The van der Waals surface area contributed by atoms with Crippen molar-refractivity contribution in [3.63, 3.8) is 0 Å². The second-order valence-corrected chi connectivity index (χ2v) is 6.48. The molecule has 0 amide bonds. The number of alkyl halides is 3. The maximum atomic E-state index is 12.7. The third-order valence-electron chi connectivity index (χ3n) is 4.44. The lowest BCUT2D eigenvalue weighted by Gasteiger charge is -2.16. The molecule has 0 atom stereocenters. The Bertz CT molecular complexity index is 957. The summed E-state index contributed by atoms with van der Waals surface area (Å²) in [4.78, 5) is 24.6. The van der Waals surface area contributed by atoms with Gasteiger partial charge < -0.3 is 14.0 Å². The first-order chi connectivity index (χ1) is 13.2. The summed E-state index contributed by atoms with van der Waals surface area (Å²) >= 11 is 0. The molecule has 0 bridgehead atoms. The van der Waals surface area contributed by atoms with Crippen LogP contribution < -0.4 is 4.74 Å². The van der Waals surface area contributed by atoms with Crippen molar-refractivity contribution in [1.82, 2.24) is 4.57 Å². The van der Waals surface area contributed by atoms with Gasteiger partial charge in [0.25, 0.3) is 0 Å². The van der Waals surface area contributed by atoms with Crippen LogP contribution >= 0.6 is 0 Å². The lowest BCUT2D eigenvalue weighted by molar-refractivity contribution is -0.141. The van der Waals surface area contributed by atoms with Gasteiger partial charge in [-0.2, -0.15) is 13.2 Å². The lowest BCUT2D eigenvalue weighted by atomic mass is 10.1. The fourth-order valence-electron chi connectivity index (χ4n) is 3.04. The molecule has 0 spiro atoms. The van der Waals surface area contributed by atoms with E-state index in [1.807, 2.05) is 6.07 Å². The van der Waals surface area contributed by atoms with Crippen LogP contribution in [0, 0.1) is 13.8 Å². The summed E-state index contributed by atoms with van der Waals surface area (Å²) in [7, 11) is 0. The summed E-state index contributed by atoms with van der Waals surface area (Å²) in [5.74, 6) is -0.619. The van der Waals surface area contributed by atoms with Crippen molar-refractivity contribution in [2.45, 2.75) is 26.6 Å². The predicted octanol–water partition coefficient (Wildman–Crippen LogP) is 3.87. The molecule has 0 aliphatic carbocycles. The Hall–Kier alpha value is -3.03. The number of ketones is 1. The van der Waals surface area contributed by atoms with Gasteiger partial charge in [0.2, 0.25) is 5.78 Å². The number of carbonyl (C=O) groups is 2. The zero-order valence-electron chi connectivity index (χ0n) is 15.3. The number of ether oxygens (including phenoxy) is 2. The number of rotatable bonds is 5. The first-order valence-corrected chi connectivity index (χ1v) is 8.52. The Labute approximate surface area is 159 Å². The monoisotopic (exact) mass is 393 g/mol. The van der Waals surface area contributed by atoms with E-state index in [1.165, 1.54) is 19.9 Å². The van der Waals surface area contributed by atoms with Crippen molar-refractivity contribution < 1.29 is 32.2 Å². The van der Waals surface area contributed by atoms with Crippen molar-refractivity contribution in [2.24, 2.45) is 0 Å². The van der Waals surface area contributed by atoms with E-state index in [0.717, 1.165) is 10.1 Å². The van der Waals surface area contributed by atoms with Crippen molar-refractivity contribution >= 4 is 17.8 Å². The van der Waals surface area contributed by atoms with E-state index < -0.39 is 31.1 Å². The van der Waals surface area contributed by atoms with Crippen LogP contribution in [-0.4, -0.2) is 35.7 Å². The summed E-state index contributed by atoms with van der Waals surface area (Å²) in [5.41, 5.74) is 1.58. The van der Waals surface area contributed by atoms with Gasteiger partial charge in [-0.3, -0.25) is 4.79 Å². The molecule has 1 aromatic heterocycles. The molecule has 148 valence electrons. The highest BCUT2D eigenvalue weighted by molar-refractivity contribution is 6.01. The molecule has 2 heterocycles. The molecule has 0 fully saturated rings. The average molecular weight is 393 g/mol. The molecule has 0 radical (unpaired) electrons. The minimum Gasteiger partial charge on any atom is -0.488 e. The third-order valence-corrected chi connectivity index (χ3v) is 4.44. The number of Topliss-reactive ketones (excluding diaryl/α,β-unsaturated/α-hetero) is 1. The number of nitrogens with zero attached hydrogens (tertiary/aromatic N) is 1. The first kappa shape index (κ1) is 19.7. The molecule has 0 saturated heterocycles. The van der Waals surface area contributed by atoms with Crippen LogP contribution in [0.25, 0.3) is 6.08 Å². The molecule has 8 heteroatoms. The molecule has 1 aliphatic rings. The highest BCUT2D eigenvalue weighted by Gasteiger charge is 2.30. The molecular weight excluding hydrogens is 375 g/mol. The number of benzene rings is 1. The maximum absolute atomic E-state index is 12.7. The van der Waals surface area contributed by atoms with Crippen LogP contribution in [0.1, 0.15) is 27.3 Å². The molecular formula is C20H18F3NO4. The largest absolute Gasteiger partial charge is 0.488 e. The van der Waals surface area contributed by atoms with E-state index in [9.17, 15) is 22.8 Å². The first-order valence-electron chi connectivity index (χ1n) is 8.52. The Morgan fingerprint density at radius 3 is 2.64 bits per heavy atom. The average Bonchev–Trinajstić information content (AvgIpc) is 2.92. The third kappa shape index (κ3) is 4.27. The smallest absolute Gasteiger partial charge is 0.406 e. The van der Waals surface area contributed by atoms with Gasteiger partial charge in [-0.05, 0) is 32.1 Å². The van der Waals surface area contributed by atoms with Crippen molar-refractivity contribution in [2.75, 3.05) is 13.2 Å². The highest BCUT2D eigenvalue weighted by Crippen LogP contribution is 2.26. The Morgan fingerprint density at radius 2 is 1.93 bits per heavy atom. The number of aromatic nitrogens is 1. The fraction of sp³-hybridized carbons (Fsp3) is 0.300. The summed E-state index contributed by atoms with van der Waals surface area (Å²) in [6, 6.07) is 8.53. The van der Waals surface area contributed by atoms with Gasteiger partial charge in [0, 0.05) is 22.5 Å². The Kier molecular flexibility index (Phi) is 5.31. The molecule has 0 unspecified atom stereocenters. The van der Waals surface area contributed by atoms with Crippen LogP contribution in [0.15, 0.2) is 35.9 Å². The van der Waals surface area contributed by atoms with Gasteiger partial charge in [-0.25, -0.2) is 4.79 Å². The summed E-state index contributed by atoms with van der Waals surface area (Å²) in [6.07, 6.45) is -2.77. The van der Waals surface area contributed by atoms with Crippen molar-refractivity contribution in [3.8, 4) is 5.75 Å². The molecule has 28 heavy (non-hydrogen) atoms. The number of fused-ring (bicyclic) bond motifs is 1. The van der Waals surface area contributed by atoms with Crippen LogP contribution in [-0.2, 0) is 16.1 Å².